The first kappa shape index (κ1) is 21.2. The van der Waals surface area contributed by atoms with Gasteiger partial charge in [0, 0.05) is 29.2 Å². The Labute approximate surface area is 164 Å². The van der Waals surface area contributed by atoms with E-state index >= 15 is 0 Å². The van der Waals surface area contributed by atoms with Gasteiger partial charge in [-0.2, -0.15) is 0 Å². The average Bonchev–Trinajstić information content (AvgIpc) is 2.60. The largest absolute Gasteiger partial charge is 0.335 e. The van der Waals surface area contributed by atoms with Gasteiger partial charge in [-0.05, 0) is 65.2 Å². The molecule has 1 aliphatic rings. The molecule has 0 bridgehead atoms. The highest BCUT2D eigenvalue weighted by molar-refractivity contribution is 5.94. The fourth-order valence-corrected chi connectivity index (χ4v) is 4.66. The molecule has 1 aromatic rings. The van der Waals surface area contributed by atoms with Crippen molar-refractivity contribution < 1.29 is 9.59 Å². The van der Waals surface area contributed by atoms with Gasteiger partial charge in [0.1, 0.15) is 0 Å². The molecule has 27 heavy (non-hydrogen) atoms. The lowest BCUT2D eigenvalue weighted by Crippen LogP contribution is -2.66. The zero-order valence-electron chi connectivity index (χ0n) is 17.5. The summed E-state index contributed by atoms with van der Waals surface area (Å²) in [7, 11) is 0. The summed E-state index contributed by atoms with van der Waals surface area (Å²) >= 11 is 0. The summed E-state index contributed by atoms with van der Waals surface area (Å²) in [6.07, 6.45) is 4.94. The summed E-state index contributed by atoms with van der Waals surface area (Å²) in [5, 5.41) is 0. The van der Waals surface area contributed by atoms with E-state index in [1.54, 1.807) is 0 Å². The van der Waals surface area contributed by atoms with Crippen molar-refractivity contribution in [3.8, 4) is 0 Å². The van der Waals surface area contributed by atoms with Crippen LogP contribution in [-0.2, 0) is 4.79 Å². The van der Waals surface area contributed by atoms with E-state index < -0.39 is 0 Å². The van der Waals surface area contributed by atoms with Crippen molar-refractivity contribution in [3.63, 3.8) is 0 Å². The highest BCUT2D eigenvalue weighted by Crippen LogP contribution is 2.41. The van der Waals surface area contributed by atoms with Crippen LogP contribution in [0, 0.1) is 0 Å². The standard InChI is InChI=1S/C23H34N2O2/c1-7-9-15-24(21(27)18-13-11-10-12-14-18)19-16-22(3,4)25(20(26)8-2)23(5,6)17-19/h8,10-14,19H,2,7,9,15-17H2,1,3-6H3. The van der Waals surface area contributed by atoms with Crippen molar-refractivity contribution in [2.75, 3.05) is 6.54 Å². The first-order chi connectivity index (χ1) is 12.6. The van der Waals surface area contributed by atoms with Crippen LogP contribution in [0.5, 0.6) is 0 Å². The van der Waals surface area contributed by atoms with E-state index in [1.165, 1.54) is 6.08 Å². The number of unbranched alkanes of at least 4 members (excludes halogenated alkanes) is 1. The Morgan fingerprint density at radius 1 is 1.15 bits per heavy atom. The molecule has 4 nitrogen and oxygen atoms in total. The van der Waals surface area contributed by atoms with E-state index in [9.17, 15) is 9.59 Å². The number of likely N-dealkylation sites (tertiary alicyclic amines) is 1. The molecule has 148 valence electrons. The third-order valence-electron chi connectivity index (χ3n) is 5.55. The molecule has 1 aliphatic heterocycles. The molecular formula is C23H34N2O2. The van der Waals surface area contributed by atoms with E-state index in [-0.39, 0.29) is 28.9 Å². The maximum Gasteiger partial charge on any atom is 0.254 e. The lowest BCUT2D eigenvalue weighted by Gasteiger charge is -2.56. The third kappa shape index (κ3) is 4.60. The minimum absolute atomic E-state index is 0.0436. The quantitative estimate of drug-likeness (QED) is 0.683. The Kier molecular flexibility index (Phi) is 6.50. The number of nitrogens with zero attached hydrogens (tertiary/aromatic N) is 2. The molecule has 0 aromatic heterocycles. The monoisotopic (exact) mass is 370 g/mol. The zero-order chi connectivity index (χ0) is 20.2. The highest BCUT2D eigenvalue weighted by Gasteiger charge is 2.49. The second kappa shape index (κ2) is 8.28. The minimum Gasteiger partial charge on any atom is -0.335 e. The van der Waals surface area contributed by atoms with Gasteiger partial charge in [-0.15, -0.1) is 0 Å². The van der Waals surface area contributed by atoms with Crippen LogP contribution in [-0.4, -0.2) is 45.3 Å². The average molecular weight is 371 g/mol. The maximum absolute atomic E-state index is 13.3. The van der Waals surface area contributed by atoms with Gasteiger partial charge in [-0.1, -0.05) is 38.1 Å². The van der Waals surface area contributed by atoms with E-state index in [0.717, 1.165) is 37.8 Å². The molecule has 0 N–H and O–H groups in total. The molecule has 1 fully saturated rings. The molecule has 1 aromatic carbocycles. The van der Waals surface area contributed by atoms with Crippen LogP contribution in [0.1, 0.15) is 70.7 Å². The third-order valence-corrected chi connectivity index (χ3v) is 5.55. The highest BCUT2D eigenvalue weighted by atomic mass is 16.2. The molecule has 4 heteroatoms. The smallest absolute Gasteiger partial charge is 0.254 e. The van der Waals surface area contributed by atoms with Crippen LogP contribution in [0.4, 0.5) is 0 Å². The first-order valence-electron chi connectivity index (χ1n) is 9.97. The van der Waals surface area contributed by atoms with Crippen molar-refractivity contribution >= 4 is 11.8 Å². The van der Waals surface area contributed by atoms with E-state index in [2.05, 4.69) is 41.2 Å². The lowest BCUT2D eigenvalue weighted by molar-refractivity contribution is -0.146. The van der Waals surface area contributed by atoms with Crippen LogP contribution in [0.3, 0.4) is 0 Å². The molecular weight excluding hydrogens is 336 g/mol. The first-order valence-corrected chi connectivity index (χ1v) is 9.97. The normalized spacial score (nSPS) is 18.8. The summed E-state index contributed by atoms with van der Waals surface area (Å²) in [4.78, 5) is 29.8. The molecule has 2 rings (SSSR count). The van der Waals surface area contributed by atoms with Crippen LogP contribution in [0.25, 0.3) is 0 Å². The number of benzene rings is 1. The molecule has 1 heterocycles. The van der Waals surface area contributed by atoms with E-state index in [4.69, 9.17) is 0 Å². The second-order valence-electron chi connectivity index (χ2n) is 8.78. The molecule has 0 spiro atoms. The van der Waals surface area contributed by atoms with Gasteiger partial charge >= 0.3 is 0 Å². The SMILES string of the molecule is C=CC(=O)N1C(C)(C)CC(N(CCCC)C(=O)c2ccccc2)CC1(C)C. The van der Waals surface area contributed by atoms with Gasteiger partial charge in [0.2, 0.25) is 5.91 Å². The number of carbonyl (C=O) groups excluding carboxylic acids is 2. The number of hydrogen-bond acceptors (Lipinski definition) is 2. The minimum atomic E-state index is -0.348. The Bertz CT molecular complexity index is 661. The topological polar surface area (TPSA) is 40.6 Å². The lowest BCUT2D eigenvalue weighted by atomic mass is 9.76. The maximum atomic E-state index is 13.3. The van der Waals surface area contributed by atoms with Gasteiger partial charge in [0.15, 0.2) is 0 Å². The number of hydrogen-bond donors (Lipinski definition) is 0. The van der Waals surface area contributed by atoms with Crippen LogP contribution < -0.4 is 0 Å². The van der Waals surface area contributed by atoms with Crippen LogP contribution >= 0.6 is 0 Å². The van der Waals surface area contributed by atoms with Gasteiger partial charge in [-0.25, -0.2) is 0 Å². The van der Waals surface area contributed by atoms with Crippen LogP contribution in [0.2, 0.25) is 0 Å². The summed E-state index contributed by atoms with van der Waals surface area (Å²) < 4.78 is 0. The molecule has 0 unspecified atom stereocenters. The number of piperidine rings is 1. The molecule has 2 amide bonds. The van der Waals surface area contributed by atoms with Crippen molar-refractivity contribution in [2.24, 2.45) is 0 Å². The fraction of sp³-hybridized carbons (Fsp3) is 0.565. The number of carbonyl (C=O) groups is 2. The van der Waals surface area contributed by atoms with Gasteiger partial charge in [-0.3, -0.25) is 9.59 Å². The molecule has 0 atom stereocenters. The van der Waals surface area contributed by atoms with Gasteiger partial charge in [0.25, 0.3) is 5.91 Å². The zero-order valence-corrected chi connectivity index (χ0v) is 17.5. The summed E-state index contributed by atoms with van der Waals surface area (Å²) in [6, 6.07) is 9.61. The Hall–Kier alpha value is -2.10. The van der Waals surface area contributed by atoms with Gasteiger partial charge < -0.3 is 9.80 Å². The van der Waals surface area contributed by atoms with Crippen molar-refractivity contribution in [2.45, 2.75) is 77.4 Å². The summed E-state index contributed by atoms with van der Waals surface area (Å²) in [5.74, 6) is 0.0436. The van der Waals surface area contributed by atoms with Crippen molar-refractivity contribution in [1.29, 1.82) is 0 Å². The molecule has 1 saturated heterocycles. The predicted molar refractivity (Wildman–Crippen MR) is 111 cm³/mol. The Morgan fingerprint density at radius 2 is 1.70 bits per heavy atom. The number of rotatable bonds is 6. The number of amides is 2. The van der Waals surface area contributed by atoms with Crippen LogP contribution in [0.15, 0.2) is 43.0 Å². The van der Waals surface area contributed by atoms with E-state index in [0.29, 0.717) is 0 Å². The molecule has 0 aliphatic carbocycles. The Morgan fingerprint density at radius 3 is 2.19 bits per heavy atom. The molecule has 0 saturated carbocycles. The van der Waals surface area contributed by atoms with E-state index in [1.807, 2.05) is 40.1 Å². The predicted octanol–water partition coefficient (Wildman–Crippen LogP) is 4.66. The second-order valence-corrected chi connectivity index (χ2v) is 8.78. The fourth-order valence-electron chi connectivity index (χ4n) is 4.66. The van der Waals surface area contributed by atoms with Crippen molar-refractivity contribution in [1.82, 2.24) is 9.80 Å². The molecule has 0 radical (unpaired) electrons. The Balaban J connectivity index is 2.35. The van der Waals surface area contributed by atoms with Gasteiger partial charge in [0.05, 0.1) is 0 Å². The summed E-state index contributed by atoms with van der Waals surface area (Å²) in [5.41, 5.74) is 0.0342. The summed E-state index contributed by atoms with van der Waals surface area (Å²) in [6.45, 7) is 14.9. The van der Waals surface area contributed by atoms with Crippen molar-refractivity contribution in [3.05, 3.63) is 48.6 Å².